The number of ether oxygens (including phenoxy) is 1. The second kappa shape index (κ2) is 11.0. The Bertz CT molecular complexity index is 1150. The summed E-state index contributed by atoms with van der Waals surface area (Å²) in [7, 11) is 0. The number of nitrogens with zero attached hydrogens (tertiary/aromatic N) is 3. The highest BCUT2D eigenvalue weighted by atomic mass is 35.5. The van der Waals surface area contributed by atoms with Gasteiger partial charge in [0, 0.05) is 24.7 Å². The molecule has 0 radical (unpaired) electrons. The largest absolute Gasteiger partial charge is 0.379 e. The SMILES string of the molecule is O=C(CSc1nc2ccccc2c(=O)n1-c1cccc(Cl)c1)NCCCN1CCOCC1. The fourth-order valence-corrected chi connectivity index (χ4v) is 4.62. The highest BCUT2D eigenvalue weighted by Gasteiger charge is 2.15. The van der Waals surface area contributed by atoms with E-state index in [9.17, 15) is 9.59 Å². The quantitative estimate of drug-likeness (QED) is 0.308. The Morgan fingerprint density at radius 1 is 1.16 bits per heavy atom. The number of hydrogen-bond donors (Lipinski definition) is 1. The van der Waals surface area contributed by atoms with Gasteiger partial charge in [0.15, 0.2) is 5.16 Å². The number of amides is 1. The van der Waals surface area contributed by atoms with E-state index in [1.165, 1.54) is 16.3 Å². The molecule has 0 atom stereocenters. The zero-order valence-corrected chi connectivity index (χ0v) is 19.2. The van der Waals surface area contributed by atoms with E-state index >= 15 is 0 Å². The third kappa shape index (κ3) is 5.69. The van der Waals surface area contributed by atoms with Crippen molar-refractivity contribution in [2.24, 2.45) is 0 Å². The first-order valence-electron chi connectivity index (χ1n) is 10.6. The second-order valence-electron chi connectivity index (χ2n) is 7.48. The van der Waals surface area contributed by atoms with Crippen LogP contribution in [-0.4, -0.2) is 65.5 Å². The van der Waals surface area contributed by atoms with Gasteiger partial charge in [-0.2, -0.15) is 0 Å². The number of aromatic nitrogens is 2. The van der Waals surface area contributed by atoms with Crippen LogP contribution in [0.4, 0.5) is 0 Å². The van der Waals surface area contributed by atoms with Crippen molar-refractivity contribution in [2.45, 2.75) is 11.6 Å². The van der Waals surface area contributed by atoms with Crippen LogP contribution >= 0.6 is 23.4 Å². The lowest BCUT2D eigenvalue weighted by atomic mass is 10.2. The number of thioether (sulfide) groups is 1. The molecule has 4 rings (SSSR count). The zero-order valence-electron chi connectivity index (χ0n) is 17.6. The summed E-state index contributed by atoms with van der Waals surface area (Å²) in [5, 5.41) is 4.46. The third-order valence-corrected chi connectivity index (χ3v) is 6.39. The first kappa shape index (κ1) is 22.8. The Hall–Kier alpha value is -2.39. The number of hydrogen-bond acceptors (Lipinski definition) is 6. The molecule has 9 heteroatoms. The minimum Gasteiger partial charge on any atom is -0.379 e. The van der Waals surface area contributed by atoms with Crippen molar-refractivity contribution in [3.05, 3.63) is 63.9 Å². The van der Waals surface area contributed by atoms with E-state index in [0.717, 1.165) is 39.3 Å². The number of carbonyl (C=O) groups excluding carboxylic acids is 1. The Balaban J connectivity index is 1.44. The molecule has 1 saturated heterocycles. The lowest BCUT2D eigenvalue weighted by Crippen LogP contribution is -2.38. The average Bonchev–Trinajstić information content (AvgIpc) is 2.81. The van der Waals surface area contributed by atoms with Crippen LogP contribution in [0.3, 0.4) is 0 Å². The van der Waals surface area contributed by atoms with Gasteiger partial charge in [0.05, 0.1) is 35.6 Å². The number of nitrogens with one attached hydrogen (secondary N) is 1. The number of carbonyl (C=O) groups is 1. The molecule has 2 aromatic carbocycles. The monoisotopic (exact) mass is 472 g/mol. The Kier molecular flexibility index (Phi) is 7.81. The predicted octanol–water partition coefficient (Wildman–Crippen LogP) is 2.97. The normalized spacial score (nSPS) is 14.5. The van der Waals surface area contributed by atoms with Gasteiger partial charge in [-0.1, -0.05) is 41.6 Å². The van der Waals surface area contributed by atoms with Gasteiger partial charge >= 0.3 is 0 Å². The molecule has 2 heterocycles. The van der Waals surface area contributed by atoms with Crippen LogP contribution < -0.4 is 10.9 Å². The molecule has 1 fully saturated rings. The minimum absolute atomic E-state index is 0.0861. The lowest BCUT2D eigenvalue weighted by molar-refractivity contribution is -0.118. The second-order valence-corrected chi connectivity index (χ2v) is 8.86. The van der Waals surface area contributed by atoms with Gasteiger partial charge in [-0.05, 0) is 43.3 Å². The molecular formula is C23H25ClN4O3S. The van der Waals surface area contributed by atoms with E-state index in [1.54, 1.807) is 36.4 Å². The molecule has 0 aliphatic carbocycles. The number of benzene rings is 2. The van der Waals surface area contributed by atoms with Crippen molar-refractivity contribution in [1.82, 2.24) is 19.8 Å². The Morgan fingerprint density at radius 2 is 1.97 bits per heavy atom. The van der Waals surface area contributed by atoms with Crippen molar-refractivity contribution in [3.8, 4) is 5.69 Å². The van der Waals surface area contributed by atoms with Crippen LogP contribution in [0.2, 0.25) is 5.02 Å². The molecule has 168 valence electrons. The van der Waals surface area contributed by atoms with Crippen LogP contribution in [0.15, 0.2) is 58.5 Å². The smallest absolute Gasteiger partial charge is 0.266 e. The lowest BCUT2D eigenvalue weighted by Gasteiger charge is -2.26. The maximum Gasteiger partial charge on any atom is 0.266 e. The van der Waals surface area contributed by atoms with Gasteiger partial charge in [0.25, 0.3) is 5.56 Å². The maximum atomic E-state index is 13.2. The Labute approximate surface area is 195 Å². The molecule has 3 aromatic rings. The summed E-state index contributed by atoms with van der Waals surface area (Å²) in [5.41, 5.74) is 1.03. The summed E-state index contributed by atoms with van der Waals surface area (Å²) in [6.45, 7) is 4.99. The fraction of sp³-hybridized carbons (Fsp3) is 0.348. The molecule has 1 amide bonds. The van der Waals surface area contributed by atoms with Gasteiger partial charge in [-0.25, -0.2) is 4.98 Å². The number of rotatable bonds is 8. The summed E-state index contributed by atoms with van der Waals surface area (Å²) < 4.78 is 6.87. The van der Waals surface area contributed by atoms with E-state index in [-0.39, 0.29) is 17.2 Å². The molecule has 1 aromatic heterocycles. The number of morpholine rings is 1. The molecule has 0 saturated carbocycles. The molecule has 7 nitrogen and oxygen atoms in total. The van der Waals surface area contributed by atoms with E-state index < -0.39 is 0 Å². The first-order chi connectivity index (χ1) is 15.6. The van der Waals surface area contributed by atoms with Crippen LogP contribution in [-0.2, 0) is 9.53 Å². The van der Waals surface area contributed by atoms with Gasteiger partial charge in [0.1, 0.15) is 0 Å². The molecule has 32 heavy (non-hydrogen) atoms. The number of halogens is 1. The summed E-state index contributed by atoms with van der Waals surface area (Å²) in [4.78, 5) is 32.6. The van der Waals surface area contributed by atoms with E-state index in [2.05, 4.69) is 15.2 Å². The summed E-state index contributed by atoms with van der Waals surface area (Å²) in [6.07, 6.45) is 0.887. The molecule has 0 spiro atoms. The van der Waals surface area contributed by atoms with Crippen molar-refractivity contribution < 1.29 is 9.53 Å². The van der Waals surface area contributed by atoms with Crippen molar-refractivity contribution >= 4 is 40.2 Å². The van der Waals surface area contributed by atoms with Crippen molar-refractivity contribution in [2.75, 3.05) is 45.1 Å². The van der Waals surface area contributed by atoms with Gasteiger partial charge in [-0.15, -0.1) is 0 Å². The number of para-hydroxylation sites is 1. The van der Waals surface area contributed by atoms with Crippen LogP contribution in [0.5, 0.6) is 0 Å². The van der Waals surface area contributed by atoms with Crippen LogP contribution in [0, 0.1) is 0 Å². The molecule has 1 N–H and O–H groups in total. The highest BCUT2D eigenvalue weighted by molar-refractivity contribution is 7.99. The topological polar surface area (TPSA) is 76.5 Å². The standard InChI is InChI=1S/C23H25ClN4O3S/c24-17-5-3-6-18(15-17)28-22(30)19-7-1-2-8-20(19)26-23(28)32-16-21(29)25-9-4-10-27-11-13-31-14-12-27/h1-3,5-8,15H,4,9-14,16H2,(H,25,29). The summed E-state index contributed by atoms with van der Waals surface area (Å²) in [5.74, 6) is 0.0835. The van der Waals surface area contributed by atoms with E-state index in [1.807, 2.05) is 12.1 Å². The third-order valence-electron chi connectivity index (χ3n) is 5.22. The molecule has 0 bridgehead atoms. The minimum atomic E-state index is -0.189. The predicted molar refractivity (Wildman–Crippen MR) is 128 cm³/mol. The van der Waals surface area contributed by atoms with E-state index in [0.29, 0.717) is 33.3 Å². The van der Waals surface area contributed by atoms with Crippen molar-refractivity contribution in [1.29, 1.82) is 0 Å². The highest BCUT2D eigenvalue weighted by Crippen LogP contribution is 2.22. The van der Waals surface area contributed by atoms with Gasteiger partial charge in [-0.3, -0.25) is 19.1 Å². The van der Waals surface area contributed by atoms with Crippen molar-refractivity contribution in [3.63, 3.8) is 0 Å². The van der Waals surface area contributed by atoms with Crippen LogP contribution in [0.1, 0.15) is 6.42 Å². The molecule has 1 aliphatic heterocycles. The zero-order chi connectivity index (χ0) is 22.3. The summed E-state index contributed by atoms with van der Waals surface area (Å²) >= 11 is 7.40. The molecule has 0 unspecified atom stereocenters. The maximum absolute atomic E-state index is 13.2. The molecular weight excluding hydrogens is 448 g/mol. The van der Waals surface area contributed by atoms with Gasteiger partial charge in [0.2, 0.25) is 5.91 Å². The number of fused-ring (bicyclic) bond motifs is 1. The first-order valence-corrected chi connectivity index (χ1v) is 12.0. The Morgan fingerprint density at radius 3 is 2.78 bits per heavy atom. The van der Waals surface area contributed by atoms with Crippen LogP contribution in [0.25, 0.3) is 16.6 Å². The summed E-state index contributed by atoms with van der Waals surface area (Å²) in [6, 6.07) is 14.3. The fourth-order valence-electron chi connectivity index (χ4n) is 3.59. The molecule has 1 aliphatic rings. The van der Waals surface area contributed by atoms with E-state index in [4.69, 9.17) is 16.3 Å². The average molecular weight is 473 g/mol. The van der Waals surface area contributed by atoms with Gasteiger partial charge < -0.3 is 10.1 Å².